The van der Waals surface area contributed by atoms with Gasteiger partial charge in [-0.3, -0.25) is 14.1 Å². The molecule has 3 aromatic carbocycles. The highest BCUT2D eigenvalue weighted by molar-refractivity contribution is 7.84. The molecule has 0 saturated carbocycles. The van der Waals surface area contributed by atoms with Crippen molar-refractivity contribution in [1.29, 1.82) is 0 Å². The van der Waals surface area contributed by atoms with E-state index < -0.39 is 10.3 Å². The third-order valence-corrected chi connectivity index (χ3v) is 6.44. The van der Waals surface area contributed by atoms with Crippen molar-refractivity contribution in [3.05, 3.63) is 80.1 Å². The molecule has 150 valence electrons. The fraction of sp³-hybridized carbons (Fsp3) is 0.0909. The van der Waals surface area contributed by atoms with Crippen molar-refractivity contribution in [2.75, 3.05) is 0 Å². The van der Waals surface area contributed by atoms with Gasteiger partial charge in [0, 0.05) is 21.5 Å². The van der Waals surface area contributed by atoms with E-state index in [2.05, 4.69) is 4.98 Å². The number of pyridine rings is 2. The van der Waals surface area contributed by atoms with E-state index in [9.17, 15) is 22.6 Å². The molecule has 0 atom stereocenters. The maximum Gasteiger partial charge on any atom is 0.364 e. The Labute approximate surface area is 170 Å². The average Bonchev–Trinajstić information content (AvgIpc) is 2.68. The zero-order valence-corrected chi connectivity index (χ0v) is 16.9. The Morgan fingerprint density at radius 2 is 1.37 bits per heavy atom. The van der Waals surface area contributed by atoms with Gasteiger partial charge in [0.25, 0.3) is 0 Å². The van der Waals surface area contributed by atoms with E-state index in [1.807, 2.05) is 19.9 Å². The number of para-hydroxylation sites is 1. The Balaban J connectivity index is 2.10. The molecule has 0 bridgehead atoms. The summed E-state index contributed by atoms with van der Waals surface area (Å²) in [5.74, 6) is 0. The summed E-state index contributed by atoms with van der Waals surface area (Å²) in [5, 5.41) is 0.922. The van der Waals surface area contributed by atoms with Crippen LogP contribution in [0, 0.1) is 13.8 Å². The Bertz CT molecular complexity index is 1780. The lowest BCUT2D eigenvalue weighted by Gasteiger charge is -2.13. The average molecular weight is 420 g/mol. The number of nitrogens with zero attached hydrogens (tertiary/aromatic N) is 1. The van der Waals surface area contributed by atoms with Crippen LogP contribution in [0.5, 0.6) is 0 Å². The van der Waals surface area contributed by atoms with Crippen LogP contribution >= 0.6 is 0 Å². The molecule has 7 nitrogen and oxygen atoms in total. The molecule has 0 aliphatic rings. The van der Waals surface area contributed by atoms with Gasteiger partial charge in [-0.1, -0.05) is 12.1 Å². The summed E-state index contributed by atoms with van der Waals surface area (Å²) in [6, 6.07) is 12.6. The van der Waals surface area contributed by atoms with Gasteiger partial charge in [0.15, 0.2) is 10.9 Å². The highest BCUT2D eigenvalue weighted by atomic mass is 32.2. The molecule has 2 heterocycles. The summed E-state index contributed by atoms with van der Waals surface area (Å²) < 4.78 is 35.0. The van der Waals surface area contributed by atoms with Gasteiger partial charge in [0.1, 0.15) is 0 Å². The van der Waals surface area contributed by atoms with E-state index in [4.69, 9.17) is 0 Å². The summed E-state index contributed by atoms with van der Waals surface area (Å²) in [7, 11) is -4.74. The largest absolute Gasteiger partial charge is 0.364 e. The quantitative estimate of drug-likeness (QED) is 0.319. The molecule has 2 aromatic heterocycles. The summed E-state index contributed by atoms with van der Waals surface area (Å²) in [4.78, 5) is 29.4. The number of benzene rings is 3. The minimum absolute atomic E-state index is 0.0422. The third kappa shape index (κ3) is 2.51. The van der Waals surface area contributed by atoms with Gasteiger partial charge in [-0.25, -0.2) is 3.97 Å². The van der Waals surface area contributed by atoms with Crippen molar-refractivity contribution >= 4 is 53.9 Å². The number of aromatic amines is 1. The zero-order valence-electron chi connectivity index (χ0n) is 16.1. The monoisotopic (exact) mass is 420 g/mol. The first kappa shape index (κ1) is 18.5. The standard InChI is InChI=1S/C22H16N2O5S/c1-11-7-14-17(8-12(11)2)23-18-9-16-20(10-15(18)22(14)26)24(30(27,28)29)19-6-4-3-5-13(19)21(16)25/h3-10H,1-2H3,(H,23,26)(H,27,28,29). The van der Waals surface area contributed by atoms with Crippen molar-refractivity contribution in [3.63, 3.8) is 0 Å². The van der Waals surface area contributed by atoms with Gasteiger partial charge in [-0.05, 0) is 61.4 Å². The van der Waals surface area contributed by atoms with Crippen LogP contribution in [-0.4, -0.2) is 21.9 Å². The fourth-order valence-electron chi connectivity index (χ4n) is 3.99. The number of aryl methyl sites for hydroxylation is 2. The Kier molecular flexibility index (Phi) is 3.71. The second-order valence-electron chi connectivity index (χ2n) is 7.44. The van der Waals surface area contributed by atoms with E-state index >= 15 is 0 Å². The molecule has 5 rings (SSSR count). The molecule has 0 spiro atoms. The van der Waals surface area contributed by atoms with Crippen LogP contribution in [0.1, 0.15) is 11.1 Å². The lowest BCUT2D eigenvalue weighted by Crippen LogP contribution is -2.18. The van der Waals surface area contributed by atoms with Crippen LogP contribution in [0.25, 0.3) is 43.6 Å². The first-order chi connectivity index (χ1) is 14.2. The van der Waals surface area contributed by atoms with Crippen molar-refractivity contribution < 1.29 is 13.0 Å². The maximum absolute atomic E-state index is 13.2. The van der Waals surface area contributed by atoms with Gasteiger partial charge in [-0.15, -0.1) is 0 Å². The van der Waals surface area contributed by atoms with Crippen molar-refractivity contribution in [2.24, 2.45) is 0 Å². The van der Waals surface area contributed by atoms with Crippen molar-refractivity contribution in [3.8, 4) is 0 Å². The number of nitrogens with one attached hydrogen (secondary N) is 1. The smallest absolute Gasteiger partial charge is 0.354 e. The molecule has 0 saturated heterocycles. The highest BCUT2D eigenvalue weighted by Crippen LogP contribution is 2.26. The number of rotatable bonds is 1. The van der Waals surface area contributed by atoms with Gasteiger partial charge >= 0.3 is 10.3 Å². The Hall–Kier alpha value is -3.49. The Morgan fingerprint density at radius 1 is 0.767 bits per heavy atom. The summed E-state index contributed by atoms with van der Waals surface area (Å²) in [6.45, 7) is 3.84. The summed E-state index contributed by atoms with van der Waals surface area (Å²) in [6.07, 6.45) is 0. The van der Waals surface area contributed by atoms with Gasteiger partial charge in [0.05, 0.1) is 22.1 Å². The first-order valence-electron chi connectivity index (χ1n) is 9.19. The topological polar surface area (TPSA) is 109 Å². The minimum Gasteiger partial charge on any atom is -0.354 e. The molecule has 5 aromatic rings. The number of aromatic nitrogens is 2. The molecule has 30 heavy (non-hydrogen) atoms. The highest BCUT2D eigenvalue weighted by Gasteiger charge is 2.20. The second kappa shape index (κ2) is 6.01. The number of fused-ring (bicyclic) bond motifs is 4. The molecule has 8 heteroatoms. The number of hydrogen-bond acceptors (Lipinski definition) is 4. The van der Waals surface area contributed by atoms with Crippen LogP contribution < -0.4 is 10.9 Å². The summed E-state index contributed by atoms with van der Waals surface area (Å²) >= 11 is 0. The van der Waals surface area contributed by atoms with Gasteiger partial charge in [-0.2, -0.15) is 8.42 Å². The van der Waals surface area contributed by atoms with Crippen LogP contribution in [0.15, 0.2) is 58.1 Å². The molecule has 2 N–H and O–H groups in total. The van der Waals surface area contributed by atoms with E-state index in [0.29, 0.717) is 20.4 Å². The van der Waals surface area contributed by atoms with E-state index in [1.54, 1.807) is 18.2 Å². The van der Waals surface area contributed by atoms with E-state index in [-0.39, 0.29) is 38.0 Å². The predicted octanol–water partition coefficient (Wildman–Crippen LogP) is 3.42. The lowest BCUT2D eigenvalue weighted by atomic mass is 10.0. The van der Waals surface area contributed by atoms with Crippen molar-refractivity contribution in [1.82, 2.24) is 8.96 Å². The van der Waals surface area contributed by atoms with Crippen LogP contribution in [0.3, 0.4) is 0 Å². The molecular formula is C22H16N2O5S. The van der Waals surface area contributed by atoms with Crippen LogP contribution in [-0.2, 0) is 10.3 Å². The molecule has 0 fully saturated rings. The van der Waals surface area contributed by atoms with Crippen molar-refractivity contribution in [2.45, 2.75) is 13.8 Å². The molecule has 0 aliphatic carbocycles. The fourth-order valence-corrected chi connectivity index (χ4v) is 4.80. The number of H-pyrrole nitrogens is 1. The molecule has 0 unspecified atom stereocenters. The zero-order chi connectivity index (χ0) is 21.4. The summed E-state index contributed by atoms with van der Waals surface area (Å²) in [5.41, 5.74) is 2.33. The Morgan fingerprint density at radius 3 is 2.10 bits per heavy atom. The molecule has 0 radical (unpaired) electrons. The maximum atomic E-state index is 13.2. The molecule has 0 aliphatic heterocycles. The van der Waals surface area contributed by atoms with Gasteiger partial charge < -0.3 is 4.98 Å². The van der Waals surface area contributed by atoms with E-state index in [1.165, 1.54) is 24.3 Å². The number of hydrogen-bond donors (Lipinski definition) is 2. The normalized spacial score (nSPS) is 12.4. The first-order valence-corrected chi connectivity index (χ1v) is 10.6. The predicted molar refractivity (Wildman–Crippen MR) is 118 cm³/mol. The minimum atomic E-state index is -4.74. The van der Waals surface area contributed by atoms with Crippen LogP contribution in [0.2, 0.25) is 0 Å². The van der Waals surface area contributed by atoms with Gasteiger partial charge in [0.2, 0.25) is 0 Å². The third-order valence-electron chi connectivity index (χ3n) is 5.59. The van der Waals surface area contributed by atoms with Crippen LogP contribution in [0.4, 0.5) is 0 Å². The lowest BCUT2D eigenvalue weighted by molar-refractivity contribution is 0.476. The van der Waals surface area contributed by atoms with E-state index in [0.717, 1.165) is 11.1 Å². The molecular weight excluding hydrogens is 404 g/mol. The molecule has 0 amide bonds. The SMILES string of the molecule is Cc1cc2[nH]c3cc4c(=O)c5ccccc5n(S(=O)(=O)O)c4cc3c(=O)c2cc1C. The second-order valence-corrected chi connectivity index (χ2v) is 8.70.